The Bertz CT molecular complexity index is 905. The quantitative estimate of drug-likeness (QED) is 0.604. The molecule has 0 fully saturated rings. The Morgan fingerprint density at radius 2 is 1.48 bits per heavy atom. The van der Waals surface area contributed by atoms with Crippen LogP contribution >= 0.6 is 7.60 Å². The second kappa shape index (κ2) is 8.93. The SMILES string of the molecule is CCOP(=O)(Cc1ccc(NS(=O)(=O)c2c(F)cccc2F)cc1)OCC. The van der Waals surface area contributed by atoms with E-state index in [0.717, 1.165) is 18.2 Å². The molecule has 0 bridgehead atoms. The van der Waals surface area contributed by atoms with E-state index in [2.05, 4.69) is 4.72 Å². The third-order valence-electron chi connectivity index (χ3n) is 3.42. The Kier molecular flexibility index (Phi) is 7.11. The maximum absolute atomic E-state index is 13.7. The largest absolute Gasteiger partial charge is 0.335 e. The molecule has 0 aliphatic rings. The summed E-state index contributed by atoms with van der Waals surface area (Å²) >= 11 is 0. The van der Waals surface area contributed by atoms with E-state index < -0.39 is 34.1 Å². The Balaban J connectivity index is 2.19. The lowest BCUT2D eigenvalue weighted by Gasteiger charge is -2.17. The van der Waals surface area contributed by atoms with Gasteiger partial charge in [-0.3, -0.25) is 9.29 Å². The number of sulfonamides is 1. The highest BCUT2D eigenvalue weighted by atomic mass is 32.2. The maximum atomic E-state index is 13.7. The van der Waals surface area contributed by atoms with Crippen molar-refractivity contribution >= 4 is 23.3 Å². The van der Waals surface area contributed by atoms with Crippen LogP contribution < -0.4 is 4.72 Å². The predicted molar refractivity (Wildman–Crippen MR) is 98.2 cm³/mol. The average Bonchev–Trinajstić information content (AvgIpc) is 2.56. The third-order valence-corrected chi connectivity index (χ3v) is 6.91. The number of halogens is 2. The molecule has 0 radical (unpaired) electrons. The van der Waals surface area contributed by atoms with E-state index in [1.807, 2.05) is 0 Å². The second-order valence-corrected chi connectivity index (χ2v) is 9.13. The summed E-state index contributed by atoms with van der Waals surface area (Å²) in [4.78, 5) is -1.05. The molecule has 2 aromatic carbocycles. The topological polar surface area (TPSA) is 81.7 Å². The normalized spacial score (nSPS) is 12.1. The molecule has 0 atom stereocenters. The van der Waals surface area contributed by atoms with Gasteiger partial charge in [-0.15, -0.1) is 0 Å². The molecule has 148 valence electrons. The van der Waals surface area contributed by atoms with Gasteiger partial charge in [0.25, 0.3) is 10.0 Å². The van der Waals surface area contributed by atoms with E-state index >= 15 is 0 Å². The molecule has 2 aromatic rings. The molecule has 0 aliphatic heterocycles. The van der Waals surface area contributed by atoms with Crippen LogP contribution in [0.5, 0.6) is 0 Å². The van der Waals surface area contributed by atoms with Gasteiger partial charge in [0.1, 0.15) is 11.6 Å². The van der Waals surface area contributed by atoms with E-state index in [0.29, 0.717) is 5.56 Å². The Morgan fingerprint density at radius 3 is 1.96 bits per heavy atom. The lowest BCUT2D eigenvalue weighted by molar-refractivity contribution is 0.219. The first kappa shape index (κ1) is 21.5. The Hall–Kier alpha value is -1.80. The van der Waals surface area contributed by atoms with Crippen molar-refractivity contribution < 1.29 is 30.8 Å². The highest BCUT2D eigenvalue weighted by Crippen LogP contribution is 2.51. The van der Waals surface area contributed by atoms with Crippen LogP contribution in [0.25, 0.3) is 0 Å². The van der Waals surface area contributed by atoms with Gasteiger partial charge in [0.15, 0.2) is 4.90 Å². The van der Waals surface area contributed by atoms with Crippen LogP contribution in [0.3, 0.4) is 0 Å². The van der Waals surface area contributed by atoms with Crippen molar-refractivity contribution in [2.75, 3.05) is 17.9 Å². The third kappa shape index (κ3) is 5.59. The first-order valence-electron chi connectivity index (χ1n) is 8.14. The van der Waals surface area contributed by atoms with Crippen molar-refractivity contribution in [1.82, 2.24) is 0 Å². The highest BCUT2D eigenvalue weighted by molar-refractivity contribution is 7.92. The zero-order chi connectivity index (χ0) is 20.1. The van der Waals surface area contributed by atoms with E-state index in [1.54, 1.807) is 13.8 Å². The van der Waals surface area contributed by atoms with Crippen LogP contribution in [0.2, 0.25) is 0 Å². The standard InChI is InChI=1S/C17H20F2NO5PS/c1-3-24-26(21,25-4-2)12-13-8-10-14(11-9-13)20-27(22,23)17-15(18)6-5-7-16(17)19/h5-11,20H,3-4,12H2,1-2H3. The molecule has 0 unspecified atom stereocenters. The molecule has 0 aromatic heterocycles. The van der Waals surface area contributed by atoms with Gasteiger partial charge >= 0.3 is 7.60 Å². The van der Waals surface area contributed by atoms with Crippen molar-refractivity contribution in [2.24, 2.45) is 0 Å². The second-order valence-electron chi connectivity index (χ2n) is 5.46. The van der Waals surface area contributed by atoms with E-state index in [4.69, 9.17) is 9.05 Å². The summed E-state index contributed by atoms with van der Waals surface area (Å²) in [7, 11) is -7.74. The minimum absolute atomic E-state index is 0.0175. The van der Waals surface area contributed by atoms with Crippen LogP contribution in [0.15, 0.2) is 47.4 Å². The highest BCUT2D eigenvalue weighted by Gasteiger charge is 2.25. The smallest absolute Gasteiger partial charge is 0.309 e. The van der Waals surface area contributed by atoms with Crippen LogP contribution in [-0.2, 0) is 29.8 Å². The predicted octanol–water partition coefficient (Wildman–Crippen LogP) is 4.53. The van der Waals surface area contributed by atoms with Gasteiger partial charge in [-0.1, -0.05) is 18.2 Å². The summed E-state index contributed by atoms with van der Waals surface area (Å²) in [5.41, 5.74) is 0.698. The number of hydrogen-bond acceptors (Lipinski definition) is 5. The fraction of sp³-hybridized carbons (Fsp3) is 0.294. The van der Waals surface area contributed by atoms with Gasteiger partial charge in [-0.25, -0.2) is 17.2 Å². The van der Waals surface area contributed by atoms with Crippen molar-refractivity contribution in [3.8, 4) is 0 Å². The molecule has 0 amide bonds. The molecule has 1 N–H and O–H groups in total. The average molecular weight is 419 g/mol. The molecule has 0 heterocycles. The van der Waals surface area contributed by atoms with Crippen molar-refractivity contribution in [2.45, 2.75) is 24.9 Å². The van der Waals surface area contributed by atoms with Gasteiger partial charge in [0.05, 0.1) is 19.4 Å². The van der Waals surface area contributed by atoms with Crippen molar-refractivity contribution in [3.05, 3.63) is 59.7 Å². The minimum Gasteiger partial charge on any atom is -0.309 e. The van der Waals surface area contributed by atoms with Crippen LogP contribution in [0.1, 0.15) is 19.4 Å². The van der Waals surface area contributed by atoms with Gasteiger partial charge in [0.2, 0.25) is 0 Å². The lowest BCUT2D eigenvalue weighted by Crippen LogP contribution is -2.16. The number of hydrogen-bond donors (Lipinski definition) is 1. The zero-order valence-corrected chi connectivity index (χ0v) is 16.5. The molecular weight excluding hydrogens is 399 g/mol. The van der Waals surface area contributed by atoms with Crippen molar-refractivity contribution in [1.29, 1.82) is 0 Å². The summed E-state index contributed by atoms with van der Waals surface area (Å²) in [6.45, 7) is 3.85. The number of rotatable bonds is 9. The van der Waals surface area contributed by atoms with Crippen molar-refractivity contribution in [3.63, 3.8) is 0 Å². The summed E-state index contributed by atoms with van der Waals surface area (Å²) in [6.07, 6.45) is 0.0175. The van der Waals surface area contributed by atoms with Gasteiger partial charge < -0.3 is 9.05 Å². The number of anilines is 1. The molecule has 0 aliphatic carbocycles. The first-order chi connectivity index (χ1) is 12.7. The van der Waals surface area contributed by atoms with E-state index in [-0.39, 0.29) is 25.1 Å². The summed E-state index contributed by atoms with van der Waals surface area (Å²) < 4.78 is 77.0. The number of nitrogens with one attached hydrogen (secondary N) is 1. The lowest BCUT2D eigenvalue weighted by atomic mass is 10.2. The zero-order valence-electron chi connectivity index (χ0n) is 14.8. The monoisotopic (exact) mass is 419 g/mol. The fourth-order valence-electron chi connectivity index (χ4n) is 2.37. The maximum Gasteiger partial charge on any atom is 0.335 e. The summed E-state index contributed by atoms with van der Waals surface area (Å²) in [5.74, 6) is -2.37. The molecule has 0 saturated carbocycles. The van der Waals surface area contributed by atoms with Gasteiger partial charge in [-0.05, 0) is 43.7 Å². The fourth-order valence-corrected chi connectivity index (χ4v) is 5.27. The Morgan fingerprint density at radius 1 is 0.963 bits per heavy atom. The summed E-state index contributed by atoms with van der Waals surface area (Å²) in [5, 5.41) is 0. The van der Waals surface area contributed by atoms with Crippen LogP contribution in [-0.4, -0.2) is 21.6 Å². The summed E-state index contributed by atoms with van der Waals surface area (Å²) in [6, 6.07) is 8.65. The van der Waals surface area contributed by atoms with Gasteiger partial charge in [-0.2, -0.15) is 0 Å². The molecule has 2 rings (SSSR count). The number of benzene rings is 2. The first-order valence-corrected chi connectivity index (χ1v) is 11.4. The molecule has 27 heavy (non-hydrogen) atoms. The molecular formula is C17H20F2NO5PS. The Labute approximate surface area is 157 Å². The molecule has 10 heteroatoms. The molecule has 6 nitrogen and oxygen atoms in total. The molecule has 0 saturated heterocycles. The minimum atomic E-state index is -4.44. The van der Waals surface area contributed by atoms with E-state index in [9.17, 15) is 21.8 Å². The van der Waals surface area contributed by atoms with E-state index in [1.165, 1.54) is 24.3 Å². The van der Waals surface area contributed by atoms with Crippen LogP contribution in [0.4, 0.5) is 14.5 Å². The van der Waals surface area contributed by atoms with Gasteiger partial charge in [0, 0.05) is 5.69 Å². The van der Waals surface area contributed by atoms with Crippen LogP contribution in [0, 0.1) is 11.6 Å². The molecule has 0 spiro atoms.